The van der Waals surface area contributed by atoms with Crippen LogP contribution in [-0.2, 0) is 19.4 Å². The van der Waals surface area contributed by atoms with Gasteiger partial charge in [0.15, 0.2) is 0 Å². The normalized spacial score (nSPS) is 25.1. The Balaban J connectivity index is 1.59. The second-order valence-electron chi connectivity index (χ2n) is 6.69. The van der Waals surface area contributed by atoms with Crippen molar-refractivity contribution in [3.63, 3.8) is 0 Å². The highest BCUT2D eigenvalue weighted by molar-refractivity contribution is 5.30. The first-order valence-electron chi connectivity index (χ1n) is 8.23. The fraction of sp³-hybridized carbons (Fsp3) is 0.400. The van der Waals surface area contributed by atoms with Gasteiger partial charge in [-0.1, -0.05) is 54.6 Å². The van der Waals surface area contributed by atoms with Gasteiger partial charge in [-0.15, -0.1) is 0 Å². The van der Waals surface area contributed by atoms with Crippen LogP contribution in [0.1, 0.15) is 29.5 Å². The number of hydrogen-bond donors (Lipinski definition) is 0. The Hall–Kier alpha value is -1.60. The van der Waals surface area contributed by atoms with Crippen LogP contribution < -0.4 is 0 Å². The van der Waals surface area contributed by atoms with Crippen LogP contribution in [0.3, 0.4) is 0 Å². The molecule has 2 bridgehead atoms. The van der Waals surface area contributed by atoms with Crippen LogP contribution in [0.5, 0.6) is 0 Å². The molecule has 0 aromatic heterocycles. The molecule has 0 N–H and O–H groups in total. The molecule has 1 fully saturated rings. The van der Waals surface area contributed by atoms with E-state index in [2.05, 4.69) is 59.5 Å². The van der Waals surface area contributed by atoms with Gasteiger partial charge >= 0.3 is 0 Å². The zero-order chi connectivity index (χ0) is 14.1. The van der Waals surface area contributed by atoms with Gasteiger partial charge in [-0.3, -0.25) is 4.90 Å². The van der Waals surface area contributed by atoms with E-state index in [4.69, 9.17) is 0 Å². The summed E-state index contributed by atoms with van der Waals surface area (Å²) in [6, 6.07) is 20.8. The number of fused-ring (bicyclic) bond motifs is 2. The largest absolute Gasteiger partial charge is 0.296 e. The summed E-state index contributed by atoms with van der Waals surface area (Å²) < 4.78 is 0. The molecule has 0 amide bonds. The molecule has 2 atom stereocenters. The summed E-state index contributed by atoms with van der Waals surface area (Å²) in [5, 5.41) is 0. The molecule has 0 radical (unpaired) electrons. The Bertz CT molecular complexity index is 604. The van der Waals surface area contributed by atoms with Crippen LogP contribution >= 0.6 is 0 Å². The summed E-state index contributed by atoms with van der Waals surface area (Å²) in [4.78, 5) is 2.74. The van der Waals surface area contributed by atoms with Gasteiger partial charge < -0.3 is 0 Å². The van der Waals surface area contributed by atoms with Crippen molar-refractivity contribution >= 4 is 0 Å². The number of hydrogen-bond acceptors (Lipinski definition) is 1. The van der Waals surface area contributed by atoms with Gasteiger partial charge in [-0.05, 0) is 48.3 Å². The van der Waals surface area contributed by atoms with Crippen LogP contribution in [0.25, 0.3) is 0 Å². The molecule has 0 spiro atoms. The highest BCUT2D eigenvalue weighted by atomic mass is 15.2. The van der Waals surface area contributed by atoms with Crippen LogP contribution in [0.2, 0.25) is 0 Å². The third-order valence-electron chi connectivity index (χ3n) is 5.23. The molecule has 2 aromatic carbocycles. The Morgan fingerprint density at radius 2 is 1.52 bits per heavy atom. The lowest BCUT2D eigenvalue weighted by Crippen LogP contribution is -2.46. The van der Waals surface area contributed by atoms with E-state index in [0.717, 1.165) is 18.5 Å². The first-order chi connectivity index (χ1) is 10.4. The number of rotatable bonds is 2. The highest BCUT2D eigenvalue weighted by Crippen LogP contribution is 2.32. The minimum atomic E-state index is 0.725. The van der Waals surface area contributed by atoms with Crippen molar-refractivity contribution < 1.29 is 0 Å². The fourth-order valence-corrected chi connectivity index (χ4v) is 4.11. The van der Waals surface area contributed by atoms with Gasteiger partial charge in [0.25, 0.3) is 0 Å². The molecular formula is C20H23N. The standard InChI is InChI=1S/C20H23N/c1-2-6-16(7-3-1)14-21-15-17-10-11-20(21)13-19-9-5-4-8-18(19)12-17/h1-9,17,20H,10-15H2/t17-,20+/m0/s1. The first kappa shape index (κ1) is 13.1. The third-order valence-corrected chi connectivity index (χ3v) is 5.23. The molecular weight excluding hydrogens is 254 g/mol. The summed E-state index contributed by atoms with van der Waals surface area (Å²) >= 11 is 0. The molecule has 2 aliphatic heterocycles. The van der Waals surface area contributed by atoms with Crippen molar-refractivity contribution in [3.8, 4) is 0 Å². The van der Waals surface area contributed by atoms with Crippen molar-refractivity contribution in [3.05, 3.63) is 71.3 Å². The minimum Gasteiger partial charge on any atom is -0.296 e. The van der Waals surface area contributed by atoms with E-state index in [0.29, 0.717) is 0 Å². The maximum absolute atomic E-state index is 2.74. The van der Waals surface area contributed by atoms with Crippen molar-refractivity contribution in [2.75, 3.05) is 6.54 Å². The topological polar surface area (TPSA) is 3.24 Å². The average molecular weight is 277 g/mol. The zero-order valence-electron chi connectivity index (χ0n) is 12.5. The lowest BCUT2D eigenvalue weighted by atomic mass is 9.80. The molecule has 0 saturated carbocycles. The molecule has 2 heterocycles. The molecule has 2 aromatic rings. The summed E-state index contributed by atoms with van der Waals surface area (Å²) in [6.45, 7) is 2.39. The minimum absolute atomic E-state index is 0.725. The van der Waals surface area contributed by atoms with Gasteiger partial charge in [-0.25, -0.2) is 0 Å². The SMILES string of the molecule is c1ccc(CN2C[C@H]3CC[C@@H]2Cc2ccccc2C3)cc1. The lowest BCUT2D eigenvalue weighted by molar-refractivity contribution is 0.0938. The Morgan fingerprint density at radius 1 is 0.810 bits per heavy atom. The molecule has 3 aliphatic rings. The van der Waals surface area contributed by atoms with E-state index >= 15 is 0 Å². The monoisotopic (exact) mass is 277 g/mol. The number of nitrogens with zero attached hydrogens (tertiary/aromatic N) is 1. The molecule has 1 saturated heterocycles. The summed E-state index contributed by atoms with van der Waals surface area (Å²) in [5.74, 6) is 0.839. The average Bonchev–Trinajstić information content (AvgIpc) is 2.49. The van der Waals surface area contributed by atoms with E-state index in [1.807, 2.05) is 0 Å². The van der Waals surface area contributed by atoms with Crippen LogP contribution in [0.4, 0.5) is 0 Å². The van der Waals surface area contributed by atoms with E-state index in [9.17, 15) is 0 Å². The second kappa shape index (κ2) is 5.65. The first-order valence-corrected chi connectivity index (χ1v) is 8.23. The van der Waals surface area contributed by atoms with E-state index in [1.54, 1.807) is 11.1 Å². The molecule has 5 rings (SSSR count). The van der Waals surface area contributed by atoms with E-state index < -0.39 is 0 Å². The predicted molar refractivity (Wildman–Crippen MR) is 87.2 cm³/mol. The molecule has 1 nitrogen and oxygen atoms in total. The quantitative estimate of drug-likeness (QED) is 0.800. The van der Waals surface area contributed by atoms with Gasteiger partial charge in [0.1, 0.15) is 0 Å². The van der Waals surface area contributed by atoms with Gasteiger partial charge in [0.05, 0.1) is 0 Å². The number of piperidine rings is 1. The predicted octanol–water partition coefficient (Wildman–Crippen LogP) is 4.07. The molecule has 21 heavy (non-hydrogen) atoms. The fourth-order valence-electron chi connectivity index (χ4n) is 4.11. The zero-order valence-corrected chi connectivity index (χ0v) is 12.5. The van der Waals surface area contributed by atoms with Crippen molar-refractivity contribution in [2.45, 2.75) is 38.3 Å². The third kappa shape index (κ3) is 2.75. The van der Waals surface area contributed by atoms with Gasteiger partial charge in [-0.2, -0.15) is 0 Å². The smallest absolute Gasteiger partial charge is 0.0236 e. The molecule has 0 unspecified atom stereocenters. The Labute approximate surface area is 127 Å². The van der Waals surface area contributed by atoms with Crippen molar-refractivity contribution in [1.29, 1.82) is 0 Å². The number of benzene rings is 2. The highest BCUT2D eigenvalue weighted by Gasteiger charge is 2.31. The summed E-state index contributed by atoms with van der Waals surface area (Å²) in [5.41, 5.74) is 4.65. The van der Waals surface area contributed by atoms with Crippen molar-refractivity contribution in [1.82, 2.24) is 4.90 Å². The molecule has 1 aliphatic carbocycles. The summed E-state index contributed by atoms with van der Waals surface area (Å²) in [7, 11) is 0. The Morgan fingerprint density at radius 3 is 2.33 bits per heavy atom. The van der Waals surface area contributed by atoms with Crippen LogP contribution in [0.15, 0.2) is 54.6 Å². The summed E-state index contributed by atoms with van der Waals surface area (Å²) in [6.07, 6.45) is 5.28. The van der Waals surface area contributed by atoms with Crippen LogP contribution in [0, 0.1) is 5.92 Å². The van der Waals surface area contributed by atoms with Gasteiger partial charge in [0.2, 0.25) is 0 Å². The second-order valence-corrected chi connectivity index (χ2v) is 6.69. The molecule has 1 heteroatoms. The van der Waals surface area contributed by atoms with Gasteiger partial charge in [0, 0.05) is 19.1 Å². The Kier molecular flexibility index (Phi) is 3.52. The lowest BCUT2D eigenvalue weighted by Gasteiger charge is -2.42. The van der Waals surface area contributed by atoms with Crippen LogP contribution in [-0.4, -0.2) is 17.5 Å². The maximum Gasteiger partial charge on any atom is 0.0236 e. The van der Waals surface area contributed by atoms with E-state index in [-0.39, 0.29) is 0 Å². The van der Waals surface area contributed by atoms with Crippen molar-refractivity contribution in [2.24, 2.45) is 5.92 Å². The molecule has 108 valence electrons. The van der Waals surface area contributed by atoms with E-state index in [1.165, 1.54) is 37.8 Å². The maximum atomic E-state index is 2.74.